The van der Waals surface area contributed by atoms with Gasteiger partial charge in [0.2, 0.25) is 5.95 Å². The number of aryl methyl sites for hydroxylation is 1. The molecular weight excluding hydrogens is 328 g/mol. The number of piperidine rings is 1. The van der Waals surface area contributed by atoms with Crippen LogP contribution in [0, 0.1) is 6.92 Å². The lowest BCUT2D eigenvalue weighted by atomic mass is 9.88. The topological polar surface area (TPSA) is 79.1 Å². The third-order valence-electron chi connectivity index (χ3n) is 5.26. The Morgan fingerprint density at radius 1 is 1.31 bits per heavy atom. The van der Waals surface area contributed by atoms with Crippen LogP contribution in [0.1, 0.15) is 38.3 Å². The van der Waals surface area contributed by atoms with E-state index in [2.05, 4.69) is 46.2 Å². The van der Waals surface area contributed by atoms with Crippen molar-refractivity contribution in [2.75, 3.05) is 32.0 Å². The lowest BCUT2D eigenvalue weighted by Gasteiger charge is -2.36. The maximum absolute atomic E-state index is 10.7. The van der Waals surface area contributed by atoms with E-state index < -0.39 is 5.60 Å². The molecule has 1 aliphatic heterocycles. The molecule has 2 aromatic rings. The Labute approximate surface area is 155 Å². The van der Waals surface area contributed by atoms with Gasteiger partial charge in [-0.3, -0.25) is 4.68 Å². The number of anilines is 1. The van der Waals surface area contributed by atoms with Crippen molar-refractivity contribution in [3.05, 3.63) is 24.2 Å². The maximum Gasteiger partial charge on any atom is 0.223 e. The van der Waals surface area contributed by atoms with Crippen LogP contribution in [0.3, 0.4) is 0 Å². The van der Waals surface area contributed by atoms with E-state index >= 15 is 0 Å². The number of nitrogens with one attached hydrogen (secondary N) is 1. The zero-order chi connectivity index (χ0) is 18.6. The van der Waals surface area contributed by atoms with Crippen LogP contribution in [-0.2, 0) is 6.54 Å². The predicted octanol–water partition coefficient (Wildman–Crippen LogP) is 2.32. The normalized spacial score (nSPS) is 17.4. The molecule has 0 atom stereocenters. The summed E-state index contributed by atoms with van der Waals surface area (Å²) in [5.74, 6) is 0.599. The van der Waals surface area contributed by atoms with Crippen LogP contribution in [0.4, 0.5) is 5.95 Å². The molecule has 1 aliphatic rings. The van der Waals surface area contributed by atoms with Gasteiger partial charge < -0.3 is 15.3 Å². The fraction of sp³-hybridized carbons (Fsp3) is 0.632. The van der Waals surface area contributed by atoms with Crippen molar-refractivity contribution in [2.45, 2.75) is 51.7 Å². The molecule has 2 aromatic heterocycles. The molecule has 0 amide bonds. The molecule has 0 spiro atoms. The standard InChI is InChI=1S/C19H30N6O/c1-4-11-25-15(2)16(14-22-25)17-5-9-20-18(23-17)21-10-6-19(26)7-12-24(3)13-8-19/h5,9,14,26H,4,6-8,10-13H2,1-3H3,(H,20,21,23). The Balaban J connectivity index is 1.61. The van der Waals surface area contributed by atoms with E-state index in [0.717, 1.165) is 55.8 Å². The minimum atomic E-state index is -0.574. The van der Waals surface area contributed by atoms with E-state index in [1.54, 1.807) is 6.20 Å². The lowest BCUT2D eigenvalue weighted by molar-refractivity contribution is -0.0194. The molecule has 0 saturated carbocycles. The molecule has 2 N–H and O–H groups in total. The quantitative estimate of drug-likeness (QED) is 0.791. The molecule has 1 saturated heterocycles. The number of nitrogens with zero attached hydrogens (tertiary/aromatic N) is 5. The van der Waals surface area contributed by atoms with Crippen molar-refractivity contribution >= 4 is 5.95 Å². The van der Waals surface area contributed by atoms with Gasteiger partial charge in [-0.2, -0.15) is 5.10 Å². The van der Waals surface area contributed by atoms with Crippen LogP contribution in [0.25, 0.3) is 11.3 Å². The van der Waals surface area contributed by atoms with E-state index in [0.29, 0.717) is 18.9 Å². The van der Waals surface area contributed by atoms with Crippen LogP contribution in [-0.4, -0.2) is 62.0 Å². The summed E-state index contributed by atoms with van der Waals surface area (Å²) in [4.78, 5) is 11.2. The highest BCUT2D eigenvalue weighted by molar-refractivity contribution is 5.61. The Hall–Kier alpha value is -1.99. The Morgan fingerprint density at radius 3 is 2.81 bits per heavy atom. The number of hydrogen-bond donors (Lipinski definition) is 2. The zero-order valence-corrected chi connectivity index (χ0v) is 16.1. The number of likely N-dealkylation sites (tertiary alicyclic amines) is 1. The number of aromatic nitrogens is 4. The van der Waals surface area contributed by atoms with Gasteiger partial charge in [-0.25, -0.2) is 9.97 Å². The molecular formula is C19H30N6O. The van der Waals surface area contributed by atoms with Gasteiger partial charge >= 0.3 is 0 Å². The van der Waals surface area contributed by atoms with Gasteiger partial charge in [-0.05, 0) is 45.7 Å². The molecule has 26 heavy (non-hydrogen) atoms. The molecule has 7 nitrogen and oxygen atoms in total. The zero-order valence-electron chi connectivity index (χ0n) is 16.1. The minimum Gasteiger partial charge on any atom is -0.390 e. The summed E-state index contributed by atoms with van der Waals surface area (Å²) in [6.07, 6.45) is 7.05. The monoisotopic (exact) mass is 358 g/mol. The average Bonchev–Trinajstić information content (AvgIpc) is 2.99. The summed E-state index contributed by atoms with van der Waals surface area (Å²) in [5.41, 5.74) is 2.46. The highest BCUT2D eigenvalue weighted by Gasteiger charge is 2.30. The first-order chi connectivity index (χ1) is 12.5. The molecule has 3 heterocycles. The lowest BCUT2D eigenvalue weighted by Crippen LogP contribution is -2.43. The maximum atomic E-state index is 10.7. The molecule has 0 unspecified atom stereocenters. The molecule has 3 rings (SSSR count). The van der Waals surface area contributed by atoms with Gasteiger partial charge in [0.05, 0.1) is 17.5 Å². The number of rotatable bonds is 7. The second-order valence-corrected chi connectivity index (χ2v) is 7.34. The average molecular weight is 358 g/mol. The summed E-state index contributed by atoms with van der Waals surface area (Å²) in [6.45, 7) is 7.69. The largest absolute Gasteiger partial charge is 0.390 e. The SMILES string of the molecule is CCCn1ncc(-c2ccnc(NCCC3(O)CCN(C)CC3)n2)c1C. The second kappa shape index (κ2) is 8.14. The van der Waals surface area contributed by atoms with Gasteiger partial charge in [0.15, 0.2) is 0 Å². The van der Waals surface area contributed by atoms with Gasteiger partial charge in [-0.15, -0.1) is 0 Å². The molecule has 142 valence electrons. The van der Waals surface area contributed by atoms with Gasteiger partial charge in [-0.1, -0.05) is 6.92 Å². The molecule has 7 heteroatoms. The van der Waals surface area contributed by atoms with Crippen LogP contribution >= 0.6 is 0 Å². The van der Waals surface area contributed by atoms with Gasteiger partial charge in [0.1, 0.15) is 0 Å². The third-order valence-corrected chi connectivity index (χ3v) is 5.26. The van der Waals surface area contributed by atoms with Crippen LogP contribution in [0.5, 0.6) is 0 Å². The summed E-state index contributed by atoms with van der Waals surface area (Å²) < 4.78 is 2.01. The first-order valence-corrected chi connectivity index (χ1v) is 9.51. The van der Waals surface area contributed by atoms with E-state index in [1.165, 1.54) is 0 Å². The highest BCUT2D eigenvalue weighted by Crippen LogP contribution is 2.25. The summed E-state index contributed by atoms with van der Waals surface area (Å²) >= 11 is 0. The highest BCUT2D eigenvalue weighted by atomic mass is 16.3. The van der Waals surface area contributed by atoms with Gasteiger partial charge in [0.25, 0.3) is 0 Å². The number of hydrogen-bond acceptors (Lipinski definition) is 6. The predicted molar refractivity (Wildman–Crippen MR) is 103 cm³/mol. The first-order valence-electron chi connectivity index (χ1n) is 9.51. The molecule has 0 aromatic carbocycles. The minimum absolute atomic E-state index is 0.574. The van der Waals surface area contributed by atoms with Crippen molar-refractivity contribution in [3.8, 4) is 11.3 Å². The smallest absolute Gasteiger partial charge is 0.223 e. The van der Waals surface area contributed by atoms with E-state index in [9.17, 15) is 5.11 Å². The second-order valence-electron chi connectivity index (χ2n) is 7.34. The summed E-state index contributed by atoms with van der Waals surface area (Å²) in [5, 5.41) is 18.4. The molecule has 0 radical (unpaired) electrons. The van der Waals surface area contributed by atoms with Crippen molar-refractivity contribution in [1.29, 1.82) is 0 Å². The molecule has 0 bridgehead atoms. The Kier molecular flexibility index (Phi) is 5.88. The van der Waals surface area contributed by atoms with Crippen molar-refractivity contribution < 1.29 is 5.11 Å². The fourth-order valence-corrected chi connectivity index (χ4v) is 3.42. The van der Waals surface area contributed by atoms with Crippen molar-refractivity contribution in [2.24, 2.45) is 0 Å². The van der Waals surface area contributed by atoms with E-state index in [1.807, 2.05) is 16.9 Å². The molecule has 0 aliphatic carbocycles. The van der Waals surface area contributed by atoms with Crippen molar-refractivity contribution in [3.63, 3.8) is 0 Å². The van der Waals surface area contributed by atoms with Crippen LogP contribution in [0.15, 0.2) is 18.5 Å². The molecule has 1 fully saturated rings. The Bertz CT molecular complexity index is 721. The summed E-state index contributed by atoms with van der Waals surface area (Å²) in [7, 11) is 2.10. The third kappa shape index (κ3) is 4.40. The van der Waals surface area contributed by atoms with Gasteiger partial charge in [0, 0.05) is 43.6 Å². The van der Waals surface area contributed by atoms with E-state index in [4.69, 9.17) is 0 Å². The number of aliphatic hydroxyl groups is 1. The summed E-state index contributed by atoms with van der Waals surface area (Å²) in [6, 6.07) is 1.91. The first kappa shape index (κ1) is 18.8. The van der Waals surface area contributed by atoms with Crippen molar-refractivity contribution in [1.82, 2.24) is 24.6 Å². The van der Waals surface area contributed by atoms with Crippen LogP contribution < -0.4 is 5.32 Å². The Morgan fingerprint density at radius 2 is 2.08 bits per heavy atom. The van der Waals surface area contributed by atoms with Crippen LogP contribution in [0.2, 0.25) is 0 Å². The fourth-order valence-electron chi connectivity index (χ4n) is 3.42. The van der Waals surface area contributed by atoms with E-state index in [-0.39, 0.29) is 0 Å².